The number of aromatic hydroxyl groups is 1. The summed E-state index contributed by atoms with van der Waals surface area (Å²) in [5.74, 6) is 0.288. The molecule has 0 radical (unpaired) electrons. The third kappa shape index (κ3) is 4.10. The molecule has 0 bridgehead atoms. The number of para-hydroxylation sites is 1. The number of nitrogens with zero attached hydrogens (tertiary/aromatic N) is 1. The third-order valence-corrected chi connectivity index (χ3v) is 2.10. The van der Waals surface area contributed by atoms with Gasteiger partial charge in [0.1, 0.15) is 5.75 Å². The predicted octanol–water partition coefficient (Wildman–Crippen LogP) is 2.08. The molecule has 2 N–H and O–H groups in total. The first-order chi connectivity index (χ1) is 8.29. The second kappa shape index (κ2) is 7.22. The fraction of sp³-hybridized carbons (Fsp3) is 0.231. The van der Waals surface area contributed by atoms with Crippen LogP contribution < -0.4 is 5.32 Å². The van der Waals surface area contributed by atoms with Gasteiger partial charge in [-0.25, -0.2) is 0 Å². The summed E-state index contributed by atoms with van der Waals surface area (Å²) < 4.78 is 0. The van der Waals surface area contributed by atoms with E-state index in [1.54, 1.807) is 12.3 Å². The summed E-state index contributed by atoms with van der Waals surface area (Å²) >= 11 is 0. The predicted molar refractivity (Wildman–Crippen MR) is 67.8 cm³/mol. The Hall–Kier alpha value is -2.10. The lowest BCUT2D eigenvalue weighted by molar-refractivity contribution is -0.109. The maximum atomic E-state index is 9.45. The van der Waals surface area contributed by atoms with Crippen molar-refractivity contribution in [2.45, 2.75) is 13.3 Å². The minimum absolute atomic E-state index is 0.288. The van der Waals surface area contributed by atoms with Gasteiger partial charge in [0.2, 0.25) is 6.41 Å². The van der Waals surface area contributed by atoms with Crippen molar-refractivity contribution in [1.82, 2.24) is 10.3 Å². The van der Waals surface area contributed by atoms with Gasteiger partial charge in [-0.3, -0.25) is 9.78 Å². The van der Waals surface area contributed by atoms with Gasteiger partial charge < -0.3 is 10.4 Å². The third-order valence-electron chi connectivity index (χ3n) is 2.10. The van der Waals surface area contributed by atoms with Crippen molar-refractivity contribution in [3.63, 3.8) is 0 Å². The topological polar surface area (TPSA) is 62.2 Å². The normalized spacial score (nSPS) is 9.24. The molecule has 0 unspecified atom stereocenters. The van der Waals surface area contributed by atoms with E-state index in [2.05, 4.69) is 10.3 Å². The summed E-state index contributed by atoms with van der Waals surface area (Å²) in [5.41, 5.74) is 0.826. The molecule has 1 aromatic heterocycles. The number of aromatic nitrogens is 1. The van der Waals surface area contributed by atoms with Crippen LogP contribution in [-0.2, 0) is 4.79 Å². The lowest BCUT2D eigenvalue weighted by atomic mass is 10.2. The summed E-state index contributed by atoms with van der Waals surface area (Å²) in [7, 11) is 0. The van der Waals surface area contributed by atoms with Gasteiger partial charge >= 0.3 is 0 Å². The minimum Gasteiger partial charge on any atom is -0.507 e. The smallest absolute Gasteiger partial charge is 0.207 e. The van der Waals surface area contributed by atoms with Gasteiger partial charge in [0.25, 0.3) is 0 Å². The van der Waals surface area contributed by atoms with Gasteiger partial charge in [0.15, 0.2) is 0 Å². The number of rotatable bonds is 3. The van der Waals surface area contributed by atoms with E-state index < -0.39 is 0 Å². The fourth-order valence-electron chi connectivity index (χ4n) is 1.28. The summed E-state index contributed by atoms with van der Waals surface area (Å²) in [6, 6.07) is 9.08. The second-order valence-corrected chi connectivity index (χ2v) is 3.42. The SMILES string of the molecule is CCCNC=O.Oc1ccnc2ccccc12. The van der Waals surface area contributed by atoms with Gasteiger partial charge in [0, 0.05) is 18.1 Å². The molecule has 1 heterocycles. The zero-order valence-electron chi connectivity index (χ0n) is 9.76. The number of benzene rings is 1. The highest BCUT2D eigenvalue weighted by Crippen LogP contribution is 2.20. The van der Waals surface area contributed by atoms with Crippen molar-refractivity contribution in [1.29, 1.82) is 0 Å². The molecule has 1 aromatic carbocycles. The molecule has 0 saturated carbocycles. The first kappa shape index (κ1) is 13.0. The number of hydrogen-bond acceptors (Lipinski definition) is 3. The fourth-order valence-corrected chi connectivity index (χ4v) is 1.28. The molecule has 1 amide bonds. The van der Waals surface area contributed by atoms with Crippen molar-refractivity contribution in [3.8, 4) is 5.75 Å². The molecule has 2 aromatic rings. The van der Waals surface area contributed by atoms with Gasteiger partial charge in [-0.2, -0.15) is 0 Å². The van der Waals surface area contributed by atoms with Crippen molar-refractivity contribution in [2.24, 2.45) is 0 Å². The van der Waals surface area contributed by atoms with Crippen molar-refractivity contribution < 1.29 is 9.90 Å². The molecular weight excluding hydrogens is 216 g/mol. The molecule has 0 aliphatic carbocycles. The highest BCUT2D eigenvalue weighted by Gasteiger charge is 1.95. The van der Waals surface area contributed by atoms with Crippen LogP contribution >= 0.6 is 0 Å². The van der Waals surface area contributed by atoms with E-state index in [9.17, 15) is 9.90 Å². The Labute approximate surface area is 100 Å². The van der Waals surface area contributed by atoms with Crippen LogP contribution in [0.25, 0.3) is 10.9 Å². The molecule has 0 atom stereocenters. The average Bonchev–Trinajstić information content (AvgIpc) is 2.38. The van der Waals surface area contributed by atoms with Crippen LogP contribution in [-0.4, -0.2) is 23.0 Å². The number of hydrogen-bond donors (Lipinski definition) is 2. The molecule has 0 spiro atoms. The van der Waals surface area contributed by atoms with Gasteiger partial charge in [0.05, 0.1) is 5.52 Å². The lowest BCUT2D eigenvalue weighted by Crippen LogP contribution is -2.10. The Morgan fingerprint density at radius 2 is 2.12 bits per heavy atom. The molecular formula is C13H16N2O2. The Balaban J connectivity index is 0.000000209. The number of carbonyl (C=O) groups excluding carboxylic acids is 1. The zero-order chi connectivity index (χ0) is 12.5. The monoisotopic (exact) mass is 232 g/mol. The summed E-state index contributed by atoms with van der Waals surface area (Å²) in [6.45, 7) is 2.81. The van der Waals surface area contributed by atoms with Crippen LogP contribution in [0.4, 0.5) is 0 Å². The average molecular weight is 232 g/mol. The van der Waals surface area contributed by atoms with E-state index in [1.807, 2.05) is 31.2 Å². The Morgan fingerprint density at radius 3 is 2.71 bits per heavy atom. The molecule has 0 saturated heterocycles. The van der Waals surface area contributed by atoms with Gasteiger partial charge in [-0.15, -0.1) is 0 Å². The lowest BCUT2D eigenvalue weighted by Gasteiger charge is -1.96. The van der Waals surface area contributed by atoms with Gasteiger partial charge in [-0.1, -0.05) is 19.1 Å². The second-order valence-electron chi connectivity index (χ2n) is 3.42. The molecule has 0 aliphatic heterocycles. The highest BCUT2D eigenvalue weighted by molar-refractivity contribution is 5.84. The Kier molecular flexibility index (Phi) is 5.51. The summed E-state index contributed by atoms with van der Waals surface area (Å²) in [5, 5.41) is 12.6. The van der Waals surface area contributed by atoms with Crippen molar-refractivity contribution in [2.75, 3.05) is 6.54 Å². The maximum Gasteiger partial charge on any atom is 0.207 e. The molecule has 17 heavy (non-hydrogen) atoms. The van der Waals surface area contributed by atoms with Crippen molar-refractivity contribution >= 4 is 17.3 Å². The van der Waals surface area contributed by atoms with E-state index in [-0.39, 0.29) is 5.75 Å². The molecule has 0 fully saturated rings. The van der Waals surface area contributed by atoms with Crippen molar-refractivity contribution in [3.05, 3.63) is 36.5 Å². The van der Waals surface area contributed by atoms with E-state index in [0.29, 0.717) is 6.41 Å². The zero-order valence-corrected chi connectivity index (χ0v) is 9.76. The number of amides is 1. The van der Waals surface area contributed by atoms with E-state index in [1.165, 1.54) is 0 Å². The first-order valence-electron chi connectivity index (χ1n) is 5.49. The highest BCUT2D eigenvalue weighted by atomic mass is 16.3. The number of carbonyl (C=O) groups is 1. The van der Waals surface area contributed by atoms with Crippen LogP contribution in [0.5, 0.6) is 5.75 Å². The molecule has 2 rings (SSSR count). The first-order valence-corrected chi connectivity index (χ1v) is 5.49. The van der Waals surface area contributed by atoms with E-state index >= 15 is 0 Å². The van der Waals surface area contributed by atoms with Gasteiger partial charge in [-0.05, 0) is 24.6 Å². The number of fused-ring (bicyclic) bond motifs is 1. The number of nitrogens with one attached hydrogen (secondary N) is 1. The van der Waals surface area contributed by atoms with E-state index in [0.717, 1.165) is 23.9 Å². The standard InChI is InChI=1S/C9H7NO.C4H9NO/c11-9-5-6-10-8-4-2-1-3-7(8)9;1-2-3-5-4-6/h1-6H,(H,10,11);4H,2-3H2,1H3,(H,5,6). The molecule has 4 heteroatoms. The Bertz CT molecular complexity index is 466. The van der Waals surface area contributed by atoms with Crippen LogP contribution in [0.3, 0.4) is 0 Å². The molecule has 0 aliphatic rings. The summed E-state index contributed by atoms with van der Waals surface area (Å²) in [4.78, 5) is 13.5. The minimum atomic E-state index is 0.288. The molecule has 90 valence electrons. The van der Waals surface area contributed by atoms with E-state index in [4.69, 9.17) is 0 Å². The Morgan fingerprint density at radius 1 is 1.35 bits per heavy atom. The van der Waals surface area contributed by atoms with Crippen LogP contribution in [0.15, 0.2) is 36.5 Å². The van der Waals surface area contributed by atoms with Crippen LogP contribution in [0.1, 0.15) is 13.3 Å². The quantitative estimate of drug-likeness (QED) is 0.629. The largest absolute Gasteiger partial charge is 0.507 e. The van der Waals surface area contributed by atoms with Crippen LogP contribution in [0, 0.1) is 0 Å². The maximum absolute atomic E-state index is 9.45. The molecule has 4 nitrogen and oxygen atoms in total. The number of pyridine rings is 1. The van der Waals surface area contributed by atoms with Crippen LogP contribution in [0.2, 0.25) is 0 Å². The summed E-state index contributed by atoms with van der Waals surface area (Å²) in [6.07, 6.45) is 3.32.